The molecule has 0 aromatic carbocycles. The molecule has 1 aromatic rings. The Labute approximate surface area is 156 Å². The predicted molar refractivity (Wildman–Crippen MR) is 101 cm³/mol. The molecule has 2 amide bonds. The van der Waals surface area contributed by atoms with E-state index in [0.717, 1.165) is 58.5 Å². The van der Waals surface area contributed by atoms with Crippen molar-refractivity contribution in [1.82, 2.24) is 19.7 Å². The van der Waals surface area contributed by atoms with Crippen LogP contribution in [0.4, 0.5) is 0 Å². The number of hydrogen-bond acceptors (Lipinski definition) is 4. The average molecular weight is 358 g/mol. The van der Waals surface area contributed by atoms with Gasteiger partial charge < -0.3 is 14.7 Å². The van der Waals surface area contributed by atoms with Crippen molar-refractivity contribution in [2.45, 2.75) is 45.6 Å². The number of carbonyl (C=O) groups excluding carboxylic acids is 2. The smallest absolute Gasteiger partial charge is 0.255 e. The Kier molecular flexibility index (Phi) is 6.25. The maximum atomic E-state index is 13.0. The first-order valence-corrected chi connectivity index (χ1v) is 9.91. The van der Waals surface area contributed by atoms with Gasteiger partial charge in [-0.3, -0.25) is 14.6 Å². The van der Waals surface area contributed by atoms with Crippen molar-refractivity contribution in [2.24, 2.45) is 0 Å². The second kappa shape index (κ2) is 8.62. The Hall–Kier alpha value is -1.95. The predicted octanol–water partition coefficient (Wildman–Crippen LogP) is 2.26. The number of hydrogen-bond donors (Lipinski definition) is 0. The molecular formula is C20H30N4O2. The summed E-state index contributed by atoms with van der Waals surface area (Å²) in [5, 5.41) is 0. The van der Waals surface area contributed by atoms with Gasteiger partial charge in [-0.2, -0.15) is 0 Å². The molecule has 6 heteroatoms. The normalized spacial score (nSPS) is 21.7. The number of amides is 2. The molecule has 0 spiro atoms. The van der Waals surface area contributed by atoms with Crippen molar-refractivity contribution in [2.75, 3.05) is 39.3 Å². The Balaban J connectivity index is 1.71. The van der Waals surface area contributed by atoms with Crippen LogP contribution in [0, 0.1) is 0 Å². The molecule has 2 aliphatic heterocycles. The molecule has 3 heterocycles. The minimum Gasteiger partial charge on any atom is -0.336 e. The van der Waals surface area contributed by atoms with Crippen molar-refractivity contribution >= 4 is 11.8 Å². The van der Waals surface area contributed by atoms with E-state index in [1.54, 1.807) is 18.5 Å². The lowest BCUT2D eigenvalue weighted by Crippen LogP contribution is -2.48. The van der Waals surface area contributed by atoms with Gasteiger partial charge in [-0.15, -0.1) is 0 Å². The van der Waals surface area contributed by atoms with Gasteiger partial charge in [0.25, 0.3) is 11.8 Å². The maximum absolute atomic E-state index is 13.0. The number of pyridine rings is 1. The summed E-state index contributed by atoms with van der Waals surface area (Å²) in [4.78, 5) is 36.1. The molecule has 0 saturated carbocycles. The van der Waals surface area contributed by atoms with E-state index in [2.05, 4.69) is 23.7 Å². The molecule has 3 rings (SSSR count). The van der Waals surface area contributed by atoms with Crippen molar-refractivity contribution in [3.63, 3.8) is 0 Å². The highest BCUT2D eigenvalue weighted by atomic mass is 16.2. The summed E-state index contributed by atoms with van der Waals surface area (Å²) in [6.07, 6.45) is 7.45. The number of rotatable bonds is 4. The fraction of sp³-hybridized carbons (Fsp3) is 0.650. The fourth-order valence-corrected chi connectivity index (χ4v) is 3.98. The van der Waals surface area contributed by atoms with Crippen molar-refractivity contribution < 1.29 is 9.59 Å². The lowest BCUT2D eigenvalue weighted by Gasteiger charge is -2.35. The average Bonchev–Trinajstić information content (AvgIpc) is 2.72. The minimum atomic E-state index is -0.0198. The summed E-state index contributed by atoms with van der Waals surface area (Å²) in [5.74, 6) is -0.0110. The van der Waals surface area contributed by atoms with Crippen LogP contribution in [0.1, 0.15) is 60.2 Å². The molecule has 6 nitrogen and oxygen atoms in total. The van der Waals surface area contributed by atoms with E-state index in [4.69, 9.17) is 0 Å². The van der Waals surface area contributed by atoms with Crippen LogP contribution in [0.3, 0.4) is 0 Å². The molecule has 0 bridgehead atoms. The topological polar surface area (TPSA) is 56.8 Å². The molecule has 1 aromatic heterocycles. The van der Waals surface area contributed by atoms with Crippen LogP contribution in [-0.4, -0.2) is 76.8 Å². The molecule has 1 atom stereocenters. The lowest BCUT2D eigenvalue weighted by atomic mass is 9.99. The van der Waals surface area contributed by atoms with E-state index in [0.29, 0.717) is 17.2 Å². The summed E-state index contributed by atoms with van der Waals surface area (Å²) in [6.45, 7) is 9.35. The molecule has 0 radical (unpaired) electrons. The van der Waals surface area contributed by atoms with Crippen LogP contribution < -0.4 is 0 Å². The minimum absolute atomic E-state index is 0.00880. The number of piperidine rings is 1. The molecule has 26 heavy (non-hydrogen) atoms. The van der Waals surface area contributed by atoms with Crippen LogP contribution in [0.15, 0.2) is 18.5 Å². The largest absolute Gasteiger partial charge is 0.336 e. The molecular weight excluding hydrogens is 328 g/mol. The fourth-order valence-electron chi connectivity index (χ4n) is 3.98. The van der Waals surface area contributed by atoms with Crippen LogP contribution in [0.2, 0.25) is 0 Å². The van der Waals surface area contributed by atoms with Gasteiger partial charge in [0.1, 0.15) is 0 Å². The molecule has 2 aliphatic rings. The number of likely N-dealkylation sites (tertiary alicyclic amines) is 1. The van der Waals surface area contributed by atoms with Gasteiger partial charge in [0, 0.05) is 51.2 Å². The highest BCUT2D eigenvalue weighted by Crippen LogP contribution is 2.22. The van der Waals surface area contributed by atoms with Crippen molar-refractivity contribution in [1.29, 1.82) is 0 Å². The van der Waals surface area contributed by atoms with Crippen molar-refractivity contribution in [3.05, 3.63) is 29.6 Å². The van der Waals surface area contributed by atoms with Gasteiger partial charge in [-0.1, -0.05) is 13.8 Å². The first-order chi connectivity index (χ1) is 12.6. The molecule has 0 aliphatic carbocycles. The Morgan fingerprint density at radius 2 is 1.69 bits per heavy atom. The Bertz CT molecular complexity index is 640. The number of carbonyl (C=O) groups is 2. The molecule has 142 valence electrons. The number of aromatic nitrogens is 1. The van der Waals surface area contributed by atoms with Crippen LogP contribution >= 0.6 is 0 Å². The van der Waals surface area contributed by atoms with Crippen molar-refractivity contribution in [3.8, 4) is 0 Å². The monoisotopic (exact) mass is 358 g/mol. The highest BCUT2D eigenvalue weighted by Gasteiger charge is 2.27. The van der Waals surface area contributed by atoms with E-state index in [1.807, 2.05) is 9.80 Å². The van der Waals surface area contributed by atoms with Crippen LogP contribution in [0.5, 0.6) is 0 Å². The maximum Gasteiger partial charge on any atom is 0.255 e. The van der Waals surface area contributed by atoms with Gasteiger partial charge in [0.05, 0.1) is 11.1 Å². The first kappa shape index (κ1) is 18.8. The third kappa shape index (κ3) is 4.06. The number of piperazine rings is 1. The zero-order valence-electron chi connectivity index (χ0n) is 16.0. The molecule has 1 unspecified atom stereocenters. The summed E-state index contributed by atoms with van der Waals surface area (Å²) in [6, 6.07) is 2.03. The number of likely N-dealkylation sites (N-methyl/N-ethyl adjacent to an activating group) is 1. The number of nitrogens with zero attached hydrogens (tertiary/aromatic N) is 4. The Morgan fingerprint density at radius 3 is 2.35 bits per heavy atom. The van der Waals surface area contributed by atoms with E-state index in [1.165, 1.54) is 6.42 Å². The Morgan fingerprint density at radius 1 is 1.00 bits per heavy atom. The van der Waals surface area contributed by atoms with E-state index in [-0.39, 0.29) is 11.8 Å². The van der Waals surface area contributed by atoms with Gasteiger partial charge in [-0.25, -0.2) is 0 Å². The van der Waals surface area contributed by atoms with Gasteiger partial charge >= 0.3 is 0 Å². The molecule has 2 fully saturated rings. The SMILES string of the molecule is CCC1CCCCN1C(=O)c1cncc(C(=O)N2CCN(CC)CC2)c1. The third-order valence-corrected chi connectivity index (χ3v) is 5.70. The first-order valence-electron chi connectivity index (χ1n) is 9.91. The quantitative estimate of drug-likeness (QED) is 0.828. The van der Waals surface area contributed by atoms with E-state index >= 15 is 0 Å². The summed E-state index contributed by atoms with van der Waals surface area (Å²) < 4.78 is 0. The molecule has 0 N–H and O–H groups in total. The second-order valence-electron chi connectivity index (χ2n) is 7.25. The van der Waals surface area contributed by atoms with Gasteiger partial charge in [0.2, 0.25) is 0 Å². The molecule has 2 saturated heterocycles. The summed E-state index contributed by atoms with van der Waals surface area (Å²) in [5.41, 5.74) is 1.05. The van der Waals surface area contributed by atoms with E-state index < -0.39 is 0 Å². The second-order valence-corrected chi connectivity index (χ2v) is 7.25. The van der Waals surface area contributed by atoms with Gasteiger partial charge in [0.15, 0.2) is 0 Å². The standard InChI is InChI=1S/C20H30N4O2/c1-3-18-7-5-6-8-24(18)20(26)17-13-16(14-21-15-17)19(25)23-11-9-22(4-2)10-12-23/h13-15,18H,3-12H2,1-2H3. The van der Waals surface area contributed by atoms with Crippen LogP contribution in [-0.2, 0) is 0 Å². The summed E-state index contributed by atoms with van der Waals surface area (Å²) in [7, 11) is 0. The zero-order chi connectivity index (χ0) is 18.5. The van der Waals surface area contributed by atoms with E-state index in [9.17, 15) is 9.59 Å². The van der Waals surface area contributed by atoms with Crippen LogP contribution in [0.25, 0.3) is 0 Å². The zero-order valence-corrected chi connectivity index (χ0v) is 16.0. The summed E-state index contributed by atoms with van der Waals surface area (Å²) >= 11 is 0. The lowest BCUT2D eigenvalue weighted by molar-refractivity contribution is 0.0607. The highest BCUT2D eigenvalue weighted by molar-refractivity contribution is 5.99. The van der Waals surface area contributed by atoms with Gasteiger partial charge in [-0.05, 0) is 38.3 Å². The third-order valence-electron chi connectivity index (χ3n) is 5.70.